The highest BCUT2D eigenvalue weighted by Crippen LogP contribution is 2.22. The molecule has 2 rings (SSSR count). The lowest BCUT2D eigenvalue weighted by Crippen LogP contribution is -1.68. The lowest BCUT2D eigenvalue weighted by atomic mass is 10.3. The van der Waals surface area contributed by atoms with Crippen LogP contribution in [0.15, 0.2) is 16.5 Å². The van der Waals surface area contributed by atoms with Crippen molar-refractivity contribution in [3.63, 3.8) is 0 Å². The van der Waals surface area contributed by atoms with Crippen LogP contribution >= 0.6 is 11.6 Å². The third-order valence-electron chi connectivity index (χ3n) is 1.41. The minimum Gasteiger partial charge on any atom is -0.439 e. The summed E-state index contributed by atoms with van der Waals surface area (Å²) in [5.74, 6) is 0.626. The van der Waals surface area contributed by atoms with Crippen molar-refractivity contribution < 1.29 is 4.42 Å². The van der Waals surface area contributed by atoms with Crippen molar-refractivity contribution in [3.8, 4) is 0 Å². The zero-order valence-electron chi connectivity index (χ0n) is 5.89. The van der Waals surface area contributed by atoms with E-state index in [-0.39, 0.29) is 0 Å². The zero-order valence-corrected chi connectivity index (χ0v) is 6.64. The highest BCUT2D eigenvalue weighted by atomic mass is 35.5. The number of nitrogens with zero attached hydrogens (tertiary/aromatic N) is 1. The normalized spacial score (nSPS) is 10.7. The molecule has 0 saturated carbocycles. The Labute approximate surface area is 68.8 Å². The van der Waals surface area contributed by atoms with Gasteiger partial charge in [-0.1, -0.05) is 11.6 Å². The summed E-state index contributed by atoms with van der Waals surface area (Å²) in [6.45, 7) is 1.79. The maximum absolute atomic E-state index is 5.81. The SMILES string of the molecule is Cc1nc2c[c]cc(Cl)c2o1. The Balaban J connectivity index is 2.90. The van der Waals surface area contributed by atoms with Crippen LogP contribution in [0.3, 0.4) is 0 Å². The van der Waals surface area contributed by atoms with E-state index in [1.165, 1.54) is 0 Å². The van der Waals surface area contributed by atoms with Gasteiger partial charge in [0.1, 0.15) is 5.52 Å². The Bertz CT molecular complexity index is 394. The average molecular weight is 167 g/mol. The van der Waals surface area contributed by atoms with Crippen molar-refractivity contribution in [1.82, 2.24) is 4.98 Å². The Kier molecular flexibility index (Phi) is 1.36. The number of fused-ring (bicyclic) bond motifs is 1. The first-order valence-electron chi connectivity index (χ1n) is 3.20. The smallest absolute Gasteiger partial charge is 0.192 e. The van der Waals surface area contributed by atoms with Gasteiger partial charge >= 0.3 is 0 Å². The molecule has 3 heteroatoms. The van der Waals surface area contributed by atoms with Gasteiger partial charge in [-0.05, 0) is 18.2 Å². The number of halogens is 1. The van der Waals surface area contributed by atoms with Crippen LogP contribution in [0.2, 0.25) is 5.02 Å². The van der Waals surface area contributed by atoms with Crippen LogP contribution in [-0.2, 0) is 0 Å². The molecule has 0 N–H and O–H groups in total. The van der Waals surface area contributed by atoms with E-state index in [1.807, 2.05) is 0 Å². The molecule has 1 aromatic carbocycles. The van der Waals surface area contributed by atoms with Gasteiger partial charge in [-0.3, -0.25) is 0 Å². The second-order valence-electron chi connectivity index (χ2n) is 2.25. The van der Waals surface area contributed by atoms with Crippen molar-refractivity contribution in [3.05, 3.63) is 29.1 Å². The van der Waals surface area contributed by atoms with Crippen molar-refractivity contribution >= 4 is 22.7 Å². The number of benzene rings is 1. The van der Waals surface area contributed by atoms with Gasteiger partial charge in [0.05, 0.1) is 5.02 Å². The molecule has 0 aliphatic rings. The number of aryl methyl sites for hydroxylation is 1. The molecule has 2 nitrogen and oxygen atoms in total. The molecule has 1 aromatic heterocycles. The third kappa shape index (κ3) is 0.994. The number of hydrogen-bond donors (Lipinski definition) is 0. The van der Waals surface area contributed by atoms with E-state index in [4.69, 9.17) is 16.0 Å². The second-order valence-corrected chi connectivity index (χ2v) is 2.66. The Morgan fingerprint density at radius 2 is 2.36 bits per heavy atom. The summed E-state index contributed by atoms with van der Waals surface area (Å²) in [5.41, 5.74) is 1.40. The fourth-order valence-corrected chi connectivity index (χ4v) is 1.17. The van der Waals surface area contributed by atoms with Crippen LogP contribution in [0.1, 0.15) is 5.89 Å². The minimum atomic E-state index is 0.558. The molecule has 1 heterocycles. The molecule has 0 aliphatic carbocycles. The van der Waals surface area contributed by atoms with Gasteiger partial charge in [0.25, 0.3) is 0 Å². The Morgan fingerprint density at radius 1 is 1.55 bits per heavy atom. The van der Waals surface area contributed by atoms with Gasteiger partial charge in [-0.15, -0.1) is 0 Å². The van der Waals surface area contributed by atoms with Gasteiger partial charge in [0.15, 0.2) is 11.5 Å². The van der Waals surface area contributed by atoms with Crippen LogP contribution in [0.4, 0.5) is 0 Å². The van der Waals surface area contributed by atoms with Gasteiger partial charge < -0.3 is 4.42 Å². The van der Waals surface area contributed by atoms with Crippen LogP contribution in [0.25, 0.3) is 11.1 Å². The molecule has 0 atom stereocenters. The quantitative estimate of drug-likeness (QED) is 0.601. The highest BCUT2D eigenvalue weighted by molar-refractivity contribution is 6.34. The topological polar surface area (TPSA) is 26.0 Å². The molecular weight excluding hydrogens is 162 g/mol. The fourth-order valence-electron chi connectivity index (χ4n) is 0.971. The molecule has 0 spiro atoms. The Morgan fingerprint density at radius 3 is 3.09 bits per heavy atom. The first-order chi connectivity index (χ1) is 5.27. The number of oxazole rings is 1. The van der Waals surface area contributed by atoms with Crippen LogP contribution < -0.4 is 0 Å². The van der Waals surface area contributed by atoms with E-state index >= 15 is 0 Å². The molecule has 11 heavy (non-hydrogen) atoms. The molecular formula is C8H5ClNO. The van der Waals surface area contributed by atoms with Gasteiger partial charge in [0.2, 0.25) is 0 Å². The lowest BCUT2D eigenvalue weighted by molar-refractivity contribution is 0.561. The molecule has 0 unspecified atom stereocenters. The molecule has 0 fully saturated rings. The van der Waals surface area contributed by atoms with Crippen molar-refractivity contribution in [2.24, 2.45) is 0 Å². The highest BCUT2D eigenvalue weighted by Gasteiger charge is 2.04. The summed E-state index contributed by atoms with van der Waals surface area (Å²) in [7, 11) is 0. The molecule has 0 aliphatic heterocycles. The molecule has 55 valence electrons. The third-order valence-corrected chi connectivity index (χ3v) is 1.69. The van der Waals surface area contributed by atoms with Gasteiger partial charge in [0, 0.05) is 6.92 Å². The van der Waals surface area contributed by atoms with E-state index in [2.05, 4.69) is 11.1 Å². The fraction of sp³-hybridized carbons (Fsp3) is 0.125. The Hall–Kier alpha value is -1.02. The van der Waals surface area contributed by atoms with E-state index in [9.17, 15) is 0 Å². The monoisotopic (exact) mass is 166 g/mol. The number of hydrogen-bond acceptors (Lipinski definition) is 2. The van der Waals surface area contributed by atoms with E-state index in [0.29, 0.717) is 16.5 Å². The molecule has 1 radical (unpaired) electrons. The maximum atomic E-state index is 5.81. The average Bonchev–Trinajstić information content (AvgIpc) is 2.31. The van der Waals surface area contributed by atoms with Crippen molar-refractivity contribution in [2.45, 2.75) is 6.92 Å². The summed E-state index contributed by atoms with van der Waals surface area (Å²) in [5, 5.41) is 0.558. The number of aromatic nitrogens is 1. The predicted octanol–water partition coefficient (Wildman–Crippen LogP) is 2.59. The zero-order chi connectivity index (χ0) is 7.84. The standard InChI is InChI=1S/C8H5ClNO/c1-5-10-7-4-2-3-6(9)8(7)11-5/h3-4H,1H3. The predicted molar refractivity (Wildman–Crippen MR) is 42.6 cm³/mol. The van der Waals surface area contributed by atoms with Crippen LogP contribution in [-0.4, -0.2) is 4.98 Å². The summed E-state index contributed by atoms with van der Waals surface area (Å²) < 4.78 is 5.24. The first-order valence-corrected chi connectivity index (χ1v) is 3.58. The molecule has 0 saturated heterocycles. The summed E-state index contributed by atoms with van der Waals surface area (Å²) in [6, 6.07) is 6.27. The van der Waals surface area contributed by atoms with Crippen LogP contribution in [0, 0.1) is 13.0 Å². The summed E-state index contributed by atoms with van der Waals surface area (Å²) >= 11 is 5.81. The van der Waals surface area contributed by atoms with E-state index in [0.717, 1.165) is 5.52 Å². The van der Waals surface area contributed by atoms with Crippen LogP contribution in [0.5, 0.6) is 0 Å². The number of rotatable bonds is 0. The molecule has 0 bridgehead atoms. The summed E-state index contributed by atoms with van der Waals surface area (Å²) in [4.78, 5) is 4.09. The molecule has 0 amide bonds. The second kappa shape index (κ2) is 2.24. The maximum Gasteiger partial charge on any atom is 0.192 e. The van der Waals surface area contributed by atoms with Crippen molar-refractivity contribution in [2.75, 3.05) is 0 Å². The van der Waals surface area contributed by atoms with Gasteiger partial charge in [-0.2, -0.15) is 0 Å². The minimum absolute atomic E-state index is 0.558. The first kappa shape index (κ1) is 6.68. The van der Waals surface area contributed by atoms with E-state index in [1.54, 1.807) is 19.1 Å². The van der Waals surface area contributed by atoms with Crippen molar-refractivity contribution in [1.29, 1.82) is 0 Å². The molecule has 2 aromatic rings. The van der Waals surface area contributed by atoms with E-state index < -0.39 is 0 Å². The summed E-state index contributed by atoms with van der Waals surface area (Å²) in [6.07, 6.45) is 0. The van der Waals surface area contributed by atoms with Gasteiger partial charge in [-0.25, -0.2) is 4.98 Å². The lowest BCUT2D eigenvalue weighted by Gasteiger charge is -1.86. The largest absolute Gasteiger partial charge is 0.439 e.